The monoisotopic (exact) mass is 1040 g/mol. The molecular formula is C73H46BN3S2. The van der Waals surface area contributed by atoms with Crippen molar-refractivity contribution in [1.29, 1.82) is 0 Å². The first-order valence-corrected chi connectivity index (χ1v) is 28.8. The van der Waals surface area contributed by atoms with Gasteiger partial charge in [0.15, 0.2) is 0 Å². The Morgan fingerprint density at radius 2 is 0.823 bits per heavy atom. The molecule has 2 aliphatic heterocycles. The van der Waals surface area contributed by atoms with E-state index in [0.29, 0.717) is 0 Å². The highest BCUT2D eigenvalue weighted by Gasteiger charge is 2.49. The lowest BCUT2D eigenvalue weighted by Gasteiger charge is -2.45. The maximum absolute atomic E-state index is 2.62. The summed E-state index contributed by atoms with van der Waals surface area (Å²) in [6.07, 6.45) is 0. The molecule has 1 aliphatic carbocycles. The van der Waals surface area contributed by atoms with Crippen molar-refractivity contribution in [2.75, 3.05) is 14.7 Å². The van der Waals surface area contributed by atoms with Gasteiger partial charge in [0.25, 0.3) is 6.71 Å². The number of fused-ring (bicyclic) bond motifs is 15. The molecule has 0 fully saturated rings. The number of benzene rings is 12. The highest BCUT2D eigenvalue weighted by molar-refractivity contribution is 7.26. The fourth-order valence-corrected chi connectivity index (χ4v) is 16.3. The molecule has 4 heterocycles. The average molecular weight is 1040 g/mol. The quantitative estimate of drug-likeness (QED) is 0.147. The molecular weight excluding hydrogens is 994 g/mol. The molecule has 17 rings (SSSR count). The number of hydrogen-bond acceptors (Lipinski definition) is 5. The van der Waals surface area contributed by atoms with Crippen molar-refractivity contribution in [1.82, 2.24) is 0 Å². The molecule has 0 amide bonds. The normalized spacial score (nSPS) is 13.6. The van der Waals surface area contributed by atoms with Gasteiger partial charge in [-0.15, -0.1) is 22.7 Å². The van der Waals surface area contributed by atoms with Crippen LogP contribution in [-0.2, 0) is 5.41 Å². The summed E-state index contributed by atoms with van der Waals surface area (Å²) in [5.74, 6) is 0. The number of nitrogens with zero attached hydrogens (tertiary/aromatic N) is 3. The second kappa shape index (κ2) is 17.3. The van der Waals surface area contributed by atoms with E-state index in [-0.39, 0.29) is 6.71 Å². The zero-order valence-corrected chi connectivity index (χ0v) is 44.4. The molecule has 0 radical (unpaired) electrons. The minimum Gasteiger partial charge on any atom is -0.311 e. The van der Waals surface area contributed by atoms with Gasteiger partial charge in [0.2, 0.25) is 0 Å². The average Bonchev–Trinajstić information content (AvgIpc) is 2.84. The fourth-order valence-electron chi connectivity index (χ4n) is 14.1. The van der Waals surface area contributed by atoms with E-state index >= 15 is 0 Å². The van der Waals surface area contributed by atoms with Crippen molar-refractivity contribution in [3.05, 3.63) is 301 Å². The highest BCUT2D eigenvalue weighted by atomic mass is 32.1. The van der Waals surface area contributed by atoms with Gasteiger partial charge in [0, 0.05) is 74.3 Å². The predicted octanol–water partition coefficient (Wildman–Crippen LogP) is 18.3. The molecule has 0 saturated heterocycles. The summed E-state index contributed by atoms with van der Waals surface area (Å²) in [5, 5.41) is 5.16. The minimum absolute atomic E-state index is 0.0921. The second-order valence-electron chi connectivity index (χ2n) is 21.0. The molecule has 79 heavy (non-hydrogen) atoms. The van der Waals surface area contributed by atoms with Crippen LogP contribution in [0.4, 0.5) is 51.2 Å². The molecule has 0 bridgehead atoms. The van der Waals surface area contributed by atoms with Crippen LogP contribution in [0, 0.1) is 0 Å². The first-order valence-electron chi connectivity index (χ1n) is 27.2. The predicted molar refractivity (Wildman–Crippen MR) is 338 cm³/mol. The summed E-state index contributed by atoms with van der Waals surface area (Å²) in [4.78, 5) is 7.80. The molecule has 3 nitrogen and oxygen atoms in total. The van der Waals surface area contributed by atoms with Crippen LogP contribution in [0.25, 0.3) is 51.5 Å². The molecule has 368 valence electrons. The fraction of sp³-hybridized carbons (Fsp3) is 0.0137. The largest absolute Gasteiger partial charge is 0.311 e. The van der Waals surface area contributed by atoms with Crippen molar-refractivity contribution in [2.24, 2.45) is 0 Å². The molecule has 0 saturated carbocycles. The van der Waals surface area contributed by atoms with Crippen LogP contribution in [0.15, 0.2) is 279 Å². The van der Waals surface area contributed by atoms with Gasteiger partial charge in [-0.3, -0.25) is 0 Å². The molecule has 3 aliphatic rings. The third-order valence-corrected chi connectivity index (χ3v) is 19.3. The second-order valence-corrected chi connectivity index (χ2v) is 23.2. The van der Waals surface area contributed by atoms with E-state index in [1.807, 2.05) is 22.7 Å². The number of hydrogen-bond donors (Lipinski definition) is 0. The lowest BCUT2D eigenvalue weighted by Crippen LogP contribution is -2.61. The van der Waals surface area contributed by atoms with Crippen LogP contribution in [-0.4, -0.2) is 6.71 Å². The van der Waals surface area contributed by atoms with Crippen LogP contribution in [0.3, 0.4) is 0 Å². The van der Waals surface area contributed by atoms with Gasteiger partial charge in [-0.1, -0.05) is 200 Å². The maximum Gasteiger partial charge on any atom is 0.252 e. The van der Waals surface area contributed by atoms with Crippen molar-refractivity contribution >= 4 is 137 Å². The van der Waals surface area contributed by atoms with E-state index in [1.54, 1.807) is 0 Å². The van der Waals surface area contributed by atoms with Crippen LogP contribution in [0.2, 0.25) is 0 Å². The van der Waals surface area contributed by atoms with Gasteiger partial charge in [-0.25, -0.2) is 0 Å². The van der Waals surface area contributed by atoms with Gasteiger partial charge < -0.3 is 14.7 Å². The molecule has 6 heteroatoms. The molecule has 0 spiro atoms. The van der Waals surface area contributed by atoms with Crippen LogP contribution in [0.1, 0.15) is 22.3 Å². The standard InChI is InChI=1S/C73H46BN3S2/c1-6-23-47(24-7-1)73(48-25-8-2-9-26-48)56-36-19-16-33-53(56)67-57(73)37-22-38-60(67)75(49-27-10-3-11-28-49)52-45-61-70-62(46-52)77(51-31-14-5-15-32-51)72-59(42-44-66-69(72)55-35-18-21-40-64(55)79-66)74(70)58-41-43-65-68(54-34-17-20-39-63(54)78-65)71(58)76(61)50-29-12-4-13-30-50/h1-46H. The summed E-state index contributed by atoms with van der Waals surface area (Å²) >= 11 is 3.78. The Morgan fingerprint density at radius 1 is 0.367 bits per heavy atom. The van der Waals surface area contributed by atoms with Gasteiger partial charge >= 0.3 is 0 Å². The summed E-state index contributed by atoms with van der Waals surface area (Å²) < 4.78 is 5.15. The maximum atomic E-state index is 2.62. The van der Waals surface area contributed by atoms with Crippen molar-refractivity contribution in [3.63, 3.8) is 0 Å². The van der Waals surface area contributed by atoms with E-state index < -0.39 is 5.41 Å². The molecule has 0 N–H and O–H groups in total. The van der Waals surface area contributed by atoms with Crippen molar-refractivity contribution in [3.8, 4) is 11.1 Å². The third-order valence-electron chi connectivity index (χ3n) is 17.1. The van der Waals surface area contributed by atoms with Gasteiger partial charge in [0.05, 0.1) is 28.2 Å². The third kappa shape index (κ3) is 6.30. The molecule has 14 aromatic rings. The number of para-hydroxylation sites is 3. The molecule has 0 atom stereocenters. The number of thiophene rings is 2. The first-order chi connectivity index (χ1) is 39.2. The topological polar surface area (TPSA) is 9.72 Å². The Labute approximate surface area is 466 Å². The zero-order chi connectivity index (χ0) is 51.8. The summed E-state index contributed by atoms with van der Waals surface area (Å²) in [6.45, 7) is -0.0921. The van der Waals surface area contributed by atoms with Gasteiger partial charge in [-0.2, -0.15) is 0 Å². The molecule has 12 aromatic carbocycles. The summed E-state index contributed by atoms with van der Waals surface area (Å²) in [6, 6.07) is 105. The van der Waals surface area contributed by atoms with Crippen LogP contribution < -0.4 is 31.1 Å². The van der Waals surface area contributed by atoms with Crippen molar-refractivity contribution < 1.29 is 0 Å². The Kier molecular flexibility index (Phi) is 9.76. The molecule has 2 aromatic heterocycles. The SMILES string of the molecule is c1ccc(N(c2cc3c4c(c2)N(c2ccccc2)c2c(ccc5sc6ccccc6c25)B4c2ccc4sc5ccccc5c4c2N3c2ccccc2)c2cccc3c2-c2ccccc2C3(c2ccccc2)c2ccccc2)cc1. The number of anilines is 9. The number of rotatable bonds is 7. The Hall–Kier alpha value is -9.46. The zero-order valence-electron chi connectivity index (χ0n) is 42.8. The van der Waals surface area contributed by atoms with Crippen molar-refractivity contribution in [2.45, 2.75) is 5.41 Å². The van der Waals surface area contributed by atoms with E-state index in [9.17, 15) is 0 Å². The Morgan fingerprint density at radius 3 is 1.37 bits per heavy atom. The molecule has 0 unspecified atom stereocenters. The van der Waals surface area contributed by atoms with E-state index in [4.69, 9.17) is 0 Å². The minimum atomic E-state index is -0.577. The Balaban J connectivity index is 1.03. The first kappa shape index (κ1) is 44.7. The lowest BCUT2D eigenvalue weighted by atomic mass is 9.33. The van der Waals surface area contributed by atoms with Gasteiger partial charge in [0.1, 0.15) is 0 Å². The van der Waals surface area contributed by atoms with Crippen LogP contribution in [0.5, 0.6) is 0 Å². The lowest BCUT2D eigenvalue weighted by molar-refractivity contribution is 0.768. The summed E-state index contributed by atoms with van der Waals surface area (Å²) in [5.41, 5.74) is 21.2. The highest BCUT2D eigenvalue weighted by Crippen LogP contribution is 2.60. The van der Waals surface area contributed by atoms with E-state index in [2.05, 4.69) is 294 Å². The Bertz CT molecular complexity index is 4520. The summed E-state index contributed by atoms with van der Waals surface area (Å²) in [7, 11) is 0. The van der Waals surface area contributed by atoms with Gasteiger partial charge in [-0.05, 0) is 123 Å². The van der Waals surface area contributed by atoms with E-state index in [0.717, 1.165) is 39.8 Å². The van der Waals surface area contributed by atoms with E-state index in [1.165, 1.54) is 101 Å². The smallest absolute Gasteiger partial charge is 0.252 e. The van der Waals surface area contributed by atoms with Crippen LogP contribution >= 0.6 is 22.7 Å².